The van der Waals surface area contributed by atoms with Gasteiger partial charge in [-0.05, 0) is 17.5 Å². The van der Waals surface area contributed by atoms with Gasteiger partial charge < -0.3 is 0 Å². The van der Waals surface area contributed by atoms with E-state index in [1.54, 1.807) is 11.3 Å². The fourth-order valence-electron chi connectivity index (χ4n) is 2.41. The second-order valence-corrected chi connectivity index (χ2v) is 7.35. The monoisotopic (exact) mass is 317 g/mol. The molecule has 0 aliphatic heterocycles. The Morgan fingerprint density at radius 1 is 1.36 bits per heavy atom. The van der Waals surface area contributed by atoms with Crippen molar-refractivity contribution in [3.63, 3.8) is 0 Å². The number of thiophene rings is 1. The molecule has 6 heteroatoms. The van der Waals surface area contributed by atoms with Gasteiger partial charge in [-0.1, -0.05) is 27.7 Å². The van der Waals surface area contributed by atoms with Crippen molar-refractivity contribution in [3.05, 3.63) is 33.7 Å². The molecule has 3 aromatic rings. The SMILES string of the molecule is CCc1nn(CC(=O)C(C)(C)C)c(=O)c2cc3ccsc3n12. The lowest BCUT2D eigenvalue weighted by Gasteiger charge is -2.17. The molecule has 0 bridgehead atoms. The minimum absolute atomic E-state index is 0.00173. The first-order valence-corrected chi connectivity index (χ1v) is 8.23. The topological polar surface area (TPSA) is 56.4 Å². The summed E-state index contributed by atoms with van der Waals surface area (Å²) in [4.78, 5) is 25.9. The number of carbonyl (C=O) groups excluding carboxylic acids is 1. The second-order valence-electron chi connectivity index (χ2n) is 6.45. The number of nitrogens with zero attached hydrogens (tertiary/aromatic N) is 3. The number of aryl methyl sites for hydroxylation is 1. The first-order valence-electron chi connectivity index (χ1n) is 7.35. The molecule has 0 spiro atoms. The number of Topliss-reactive ketones (excluding diaryl/α,β-unsaturated/α-hetero) is 1. The summed E-state index contributed by atoms with van der Waals surface area (Å²) >= 11 is 1.59. The number of hydrogen-bond acceptors (Lipinski definition) is 4. The van der Waals surface area contributed by atoms with Crippen LogP contribution in [0, 0.1) is 5.41 Å². The van der Waals surface area contributed by atoms with Gasteiger partial charge in [0, 0.05) is 17.2 Å². The molecule has 0 saturated carbocycles. The summed E-state index contributed by atoms with van der Waals surface area (Å²) in [7, 11) is 0. The van der Waals surface area contributed by atoms with Crippen molar-refractivity contribution < 1.29 is 4.79 Å². The minimum atomic E-state index is -0.484. The molecule has 0 N–H and O–H groups in total. The number of aromatic nitrogens is 3. The number of carbonyl (C=O) groups is 1. The molecule has 0 unspecified atom stereocenters. The lowest BCUT2D eigenvalue weighted by molar-refractivity contribution is -0.127. The van der Waals surface area contributed by atoms with E-state index in [1.165, 1.54) is 4.68 Å². The summed E-state index contributed by atoms with van der Waals surface area (Å²) in [5.74, 6) is 0.802. The molecular formula is C16H19N3O2S. The van der Waals surface area contributed by atoms with E-state index in [9.17, 15) is 9.59 Å². The van der Waals surface area contributed by atoms with Crippen LogP contribution < -0.4 is 5.56 Å². The van der Waals surface area contributed by atoms with Crippen molar-refractivity contribution in [3.8, 4) is 0 Å². The molecule has 0 amide bonds. The number of fused-ring (bicyclic) bond motifs is 3. The fraction of sp³-hybridized carbons (Fsp3) is 0.438. The predicted octanol–water partition coefficient (Wildman–Crippen LogP) is 2.89. The van der Waals surface area contributed by atoms with Gasteiger partial charge in [0.1, 0.15) is 22.7 Å². The Labute approximate surface area is 132 Å². The third kappa shape index (κ3) is 2.27. The first kappa shape index (κ1) is 15.0. The average molecular weight is 317 g/mol. The van der Waals surface area contributed by atoms with Crippen LogP contribution in [0.4, 0.5) is 0 Å². The highest BCUT2D eigenvalue weighted by molar-refractivity contribution is 7.16. The quantitative estimate of drug-likeness (QED) is 0.746. The van der Waals surface area contributed by atoms with Crippen LogP contribution in [0.15, 0.2) is 22.3 Å². The second kappa shape index (κ2) is 5.05. The van der Waals surface area contributed by atoms with E-state index in [2.05, 4.69) is 5.10 Å². The molecule has 0 aliphatic carbocycles. The Hall–Kier alpha value is -1.95. The van der Waals surface area contributed by atoms with Crippen molar-refractivity contribution in [1.29, 1.82) is 0 Å². The molecule has 0 aliphatic rings. The van der Waals surface area contributed by atoms with Gasteiger partial charge in [0.25, 0.3) is 5.56 Å². The summed E-state index contributed by atoms with van der Waals surface area (Å²) in [6.07, 6.45) is 0.697. The van der Waals surface area contributed by atoms with Crippen LogP contribution in [0.2, 0.25) is 0 Å². The molecular weight excluding hydrogens is 298 g/mol. The Bertz CT molecular complexity index is 925. The first-order chi connectivity index (χ1) is 10.3. The lowest BCUT2D eigenvalue weighted by atomic mass is 9.91. The maximum absolute atomic E-state index is 12.7. The van der Waals surface area contributed by atoms with Gasteiger partial charge in [0.05, 0.1) is 0 Å². The van der Waals surface area contributed by atoms with Crippen molar-refractivity contribution in [1.82, 2.24) is 14.2 Å². The summed E-state index contributed by atoms with van der Waals surface area (Å²) in [6, 6.07) is 3.88. The molecule has 0 fully saturated rings. The third-order valence-electron chi connectivity index (χ3n) is 3.80. The largest absolute Gasteiger partial charge is 0.297 e. The van der Waals surface area contributed by atoms with Gasteiger partial charge in [-0.15, -0.1) is 11.3 Å². The van der Waals surface area contributed by atoms with E-state index < -0.39 is 5.41 Å². The highest BCUT2D eigenvalue weighted by atomic mass is 32.1. The van der Waals surface area contributed by atoms with E-state index in [4.69, 9.17) is 0 Å². The highest BCUT2D eigenvalue weighted by Gasteiger charge is 2.23. The molecule has 0 aromatic carbocycles. The highest BCUT2D eigenvalue weighted by Crippen LogP contribution is 2.25. The predicted molar refractivity (Wildman–Crippen MR) is 88.7 cm³/mol. The normalized spacial score (nSPS) is 12.4. The Morgan fingerprint density at radius 2 is 2.09 bits per heavy atom. The molecule has 0 saturated heterocycles. The van der Waals surface area contributed by atoms with Crippen LogP contribution in [0.25, 0.3) is 15.7 Å². The Morgan fingerprint density at radius 3 is 2.73 bits per heavy atom. The lowest BCUT2D eigenvalue weighted by Crippen LogP contribution is -2.34. The molecule has 3 heterocycles. The maximum atomic E-state index is 12.7. The zero-order valence-electron chi connectivity index (χ0n) is 13.2. The van der Waals surface area contributed by atoms with Gasteiger partial charge in [0.2, 0.25) is 0 Å². The summed E-state index contributed by atoms with van der Waals surface area (Å²) in [5.41, 5.74) is -0.101. The van der Waals surface area contributed by atoms with Gasteiger partial charge in [-0.25, -0.2) is 4.68 Å². The van der Waals surface area contributed by atoms with Crippen LogP contribution in [0.3, 0.4) is 0 Å². The molecule has 3 aromatic heterocycles. The molecule has 116 valence electrons. The molecule has 22 heavy (non-hydrogen) atoms. The summed E-state index contributed by atoms with van der Waals surface area (Å²) in [6.45, 7) is 7.58. The van der Waals surface area contributed by atoms with Crippen molar-refractivity contribution in [2.24, 2.45) is 5.41 Å². The molecule has 0 radical (unpaired) electrons. The Balaban J connectivity index is 2.23. The van der Waals surface area contributed by atoms with Gasteiger partial charge >= 0.3 is 0 Å². The smallest absolute Gasteiger partial charge is 0.291 e. The maximum Gasteiger partial charge on any atom is 0.291 e. The summed E-state index contributed by atoms with van der Waals surface area (Å²) < 4.78 is 3.23. The van der Waals surface area contributed by atoms with E-state index in [1.807, 2.05) is 49.6 Å². The van der Waals surface area contributed by atoms with Gasteiger partial charge in [-0.2, -0.15) is 5.10 Å². The standard InChI is InChI=1S/C16H19N3O2S/c1-5-13-17-18(9-12(20)16(2,3)4)14(21)11-8-10-6-7-22-15(10)19(11)13/h6-8H,5,9H2,1-4H3. The van der Waals surface area contributed by atoms with Crippen molar-refractivity contribution >= 4 is 32.9 Å². The van der Waals surface area contributed by atoms with Gasteiger partial charge in [0.15, 0.2) is 5.78 Å². The minimum Gasteiger partial charge on any atom is -0.297 e. The van der Waals surface area contributed by atoms with Crippen LogP contribution in [0.1, 0.15) is 33.5 Å². The van der Waals surface area contributed by atoms with E-state index >= 15 is 0 Å². The number of rotatable bonds is 3. The Kier molecular flexibility index (Phi) is 3.44. The van der Waals surface area contributed by atoms with Crippen LogP contribution in [-0.4, -0.2) is 20.0 Å². The third-order valence-corrected chi connectivity index (χ3v) is 4.72. The zero-order valence-corrected chi connectivity index (χ0v) is 14.0. The van der Waals surface area contributed by atoms with Crippen LogP contribution in [-0.2, 0) is 17.8 Å². The van der Waals surface area contributed by atoms with Crippen LogP contribution >= 0.6 is 11.3 Å². The van der Waals surface area contributed by atoms with Crippen molar-refractivity contribution in [2.45, 2.75) is 40.7 Å². The average Bonchev–Trinajstić information content (AvgIpc) is 3.01. The van der Waals surface area contributed by atoms with E-state index in [-0.39, 0.29) is 17.9 Å². The number of ketones is 1. The summed E-state index contributed by atoms with van der Waals surface area (Å²) in [5, 5.41) is 7.47. The number of hydrogen-bond donors (Lipinski definition) is 0. The van der Waals surface area contributed by atoms with Crippen LogP contribution in [0.5, 0.6) is 0 Å². The molecule has 3 rings (SSSR count). The fourth-order valence-corrected chi connectivity index (χ4v) is 3.32. The van der Waals surface area contributed by atoms with E-state index in [0.717, 1.165) is 16.0 Å². The van der Waals surface area contributed by atoms with E-state index in [0.29, 0.717) is 11.9 Å². The van der Waals surface area contributed by atoms with Crippen molar-refractivity contribution in [2.75, 3.05) is 0 Å². The zero-order chi connectivity index (χ0) is 16.1. The molecule has 5 nitrogen and oxygen atoms in total. The molecule has 0 atom stereocenters. The van der Waals surface area contributed by atoms with Gasteiger partial charge in [-0.3, -0.25) is 14.0 Å².